The second-order valence-corrected chi connectivity index (χ2v) is 6.43. The van der Waals surface area contributed by atoms with Gasteiger partial charge in [0.05, 0.1) is 16.6 Å². The van der Waals surface area contributed by atoms with Crippen molar-refractivity contribution >= 4 is 11.0 Å². The van der Waals surface area contributed by atoms with Gasteiger partial charge < -0.3 is 4.57 Å². The zero-order valence-corrected chi connectivity index (χ0v) is 14.9. The third-order valence-electron chi connectivity index (χ3n) is 4.68. The monoisotopic (exact) mass is 380 g/mol. The van der Waals surface area contributed by atoms with Gasteiger partial charge in [-0.05, 0) is 29.3 Å². The fourth-order valence-corrected chi connectivity index (χ4v) is 3.26. The highest BCUT2D eigenvalue weighted by molar-refractivity contribution is 5.78. The van der Waals surface area contributed by atoms with Crippen LogP contribution in [-0.4, -0.2) is 9.55 Å². The van der Waals surface area contributed by atoms with E-state index in [1.54, 1.807) is 37.4 Å². The Balaban J connectivity index is 1.82. The van der Waals surface area contributed by atoms with Gasteiger partial charge in [-0.15, -0.1) is 0 Å². The van der Waals surface area contributed by atoms with Gasteiger partial charge in [0.15, 0.2) is 0 Å². The first-order valence-electron chi connectivity index (χ1n) is 8.59. The highest BCUT2D eigenvalue weighted by atomic mass is 19.4. The van der Waals surface area contributed by atoms with Crippen LogP contribution < -0.4 is 5.56 Å². The second kappa shape index (κ2) is 6.64. The molecule has 3 nitrogen and oxygen atoms in total. The van der Waals surface area contributed by atoms with Crippen molar-refractivity contribution in [3.63, 3.8) is 0 Å². The smallest absolute Gasteiger partial charge is 0.308 e. The van der Waals surface area contributed by atoms with Gasteiger partial charge in [0.2, 0.25) is 0 Å². The molecule has 0 bridgehead atoms. The van der Waals surface area contributed by atoms with Crippen LogP contribution in [-0.2, 0) is 13.2 Å². The molecule has 4 aromatic rings. The molecule has 0 saturated heterocycles. The summed E-state index contributed by atoms with van der Waals surface area (Å²) < 4.78 is 41.3. The average Bonchev–Trinajstić information content (AvgIpc) is 2.70. The van der Waals surface area contributed by atoms with Gasteiger partial charge in [-0.25, -0.2) is 4.98 Å². The third-order valence-corrected chi connectivity index (χ3v) is 4.68. The standard InChI is InChI=1S/C22H15F3N2O/c1-27-19-9-5-4-8-18(19)26-20(21(27)28)15-12-10-14(11-13-15)16-6-2-3-7-17(16)22(23,24)25/h2-13H,1H3. The molecule has 0 aliphatic rings. The number of aryl methyl sites for hydroxylation is 1. The quantitative estimate of drug-likeness (QED) is 0.474. The zero-order valence-electron chi connectivity index (χ0n) is 14.9. The summed E-state index contributed by atoms with van der Waals surface area (Å²) in [7, 11) is 1.67. The maximum absolute atomic E-state index is 13.3. The van der Waals surface area contributed by atoms with Crippen molar-refractivity contribution in [2.24, 2.45) is 7.05 Å². The summed E-state index contributed by atoms with van der Waals surface area (Å²) in [6.45, 7) is 0. The fraction of sp³-hybridized carbons (Fsp3) is 0.0909. The number of halogens is 3. The molecule has 0 radical (unpaired) electrons. The van der Waals surface area contributed by atoms with Gasteiger partial charge in [0.25, 0.3) is 5.56 Å². The average molecular weight is 380 g/mol. The first kappa shape index (κ1) is 18.0. The molecule has 0 atom stereocenters. The van der Waals surface area contributed by atoms with E-state index in [9.17, 15) is 18.0 Å². The number of nitrogens with zero attached hydrogens (tertiary/aromatic N) is 2. The summed E-state index contributed by atoms with van der Waals surface area (Å²) in [5, 5.41) is 0. The topological polar surface area (TPSA) is 34.9 Å². The third kappa shape index (κ3) is 3.07. The molecule has 1 heterocycles. The Hall–Kier alpha value is -3.41. The number of rotatable bonds is 2. The van der Waals surface area contributed by atoms with E-state index in [0.717, 1.165) is 6.07 Å². The van der Waals surface area contributed by atoms with Crippen molar-refractivity contribution in [2.75, 3.05) is 0 Å². The molecule has 0 aliphatic heterocycles. The van der Waals surface area contributed by atoms with Gasteiger partial charge in [0, 0.05) is 12.6 Å². The molecule has 0 saturated carbocycles. The van der Waals surface area contributed by atoms with Crippen molar-refractivity contribution in [1.29, 1.82) is 0 Å². The van der Waals surface area contributed by atoms with Crippen LogP contribution in [0.1, 0.15) is 5.56 Å². The van der Waals surface area contributed by atoms with Crippen molar-refractivity contribution in [3.8, 4) is 22.4 Å². The van der Waals surface area contributed by atoms with Gasteiger partial charge >= 0.3 is 6.18 Å². The Bertz CT molecular complexity index is 1230. The van der Waals surface area contributed by atoms with E-state index in [1.807, 2.05) is 24.3 Å². The van der Waals surface area contributed by atoms with Crippen LogP contribution in [0, 0.1) is 0 Å². The Labute approximate surface area is 158 Å². The van der Waals surface area contributed by atoms with E-state index in [2.05, 4.69) is 4.98 Å². The Morgan fingerprint density at radius 3 is 2.14 bits per heavy atom. The molecular weight excluding hydrogens is 365 g/mol. The SMILES string of the molecule is Cn1c(=O)c(-c2ccc(-c3ccccc3C(F)(F)F)cc2)nc2ccccc21. The molecule has 0 fully saturated rings. The van der Waals surface area contributed by atoms with Gasteiger partial charge in [-0.3, -0.25) is 4.79 Å². The van der Waals surface area contributed by atoms with Crippen LogP contribution in [0.4, 0.5) is 13.2 Å². The van der Waals surface area contributed by atoms with Crippen molar-refractivity contribution in [3.05, 3.63) is 88.7 Å². The fourth-order valence-electron chi connectivity index (χ4n) is 3.26. The minimum absolute atomic E-state index is 0.0981. The minimum atomic E-state index is -4.44. The van der Waals surface area contributed by atoms with Crippen LogP contribution in [0.5, 0.6) is 0 Å². The molecule has 28 heavy (non-hydrogen) atoms. The predicted octanol–water partition coefficient (Wildman–Crippen LogP) is 5.29. The van der Waals surface area contributed by atoms with Crippen LogP contribution in [0.15, 0.2) is 77.6 Å². The number of fused-ring (bicyclic) bond motifs is 1. The lowest BCUT2D eigenvalue weighted by Crippen LogP contribution is -2.20. The van der Waals surface area contributed by atoms with Crippen molar-refractivity contribution in [2.45, 2.75) is 6.18 Å². The van der Waals surface area contributed by atoms with Gasteiger partial charge in [0.1, 0.15) is 5.69 Å². The highest BCUT2D eigenvalue weighted by Gasteiger charge is 2.33. The molecule has 0 unspecified atom stereocenters. The zero-order chi connectivity index (χ0) is 19.9. The number of hydrogen-bond acceptors (Lipinski definition) is 2. The molecule has 4 rings (SSSR count). The summed E-state index contributed by atoms with van der Waals surface area (Å²) in [4.78, 5) is 17.1. The maximum Gasteiger partial charge on any atom is 0.417 e. The van der Waals surface area contributed by atoms with Gasteiger partial charge in [-0.2, -0.15) is 13.2 Å². The lowest BCUT2D eigenvalue weighted by molar-refractivity contribution is -0.137. The van der Waals surface area contributed by atoms with Crippen LogP contribution in [0.2, 0.25) is 0 Å². The Kier molecular flexibility index (Phi) is 4.26. The largest absolute Gasteiger partial charge is 0.417 e. The summed E-state index contributed by atoms with van der Waals surface area (Å²) in [6, 6.07) is 19.1. The van der Waals surface area contributed by atoms with Crippen molar-refractivity contribution < 1.29 is 13.2 Å². The molecule has 0 amide bonds. The molecule has 140 valence electrons. The van der Waals surface area contributed by atoms with E-state index in [1.165, 1.54) is 16.7 Å². The van der Waals surface area contributed by atoms with Crippen LogP contribution in [0.25, 0.3) is 33.4 Å². The maximum atomic E-state index is 13.3. The van der Waals surface area contributed by atoms with Gasteiger partial charge in [-0.1, -0.05) is 54.6 Å². The molecule has 0 spiro atoms. The van der Waals surface area contributed by atoms with E-state index >= 15 is 0 Å². The Morgan fingerprint density at radius 2 is 1.43 bits per heavy atom. The lowest BCUT2D eigenvalue weighted by Gasteiger charge is -2.13. The molecule has 1 aromatic heterocycles. The van der Waals surface area contributed by atoms with E-state index in [4.69, 9.17) is 0 Å². The number of aromatic nitrogens is 2. The second-order valence-electron chi connectivity index (χ2n) is 6.43. The van der Waals surface area contributed by atoms with Crippen LogP contribution >= 0.6 is 0 Å². The summed E-state index contributed by atoms with van der Waals surface area (Å²) in [5.41, 5.74) is 1.77. The predicted molar refractivity (Wildman–Crippen MR) is 103 cm³/mol. The number of benzene rings is 3. The molecule has 6 heteroatoms. The Morgan fingerprint density at radius 1 is 0.821 bits per heavy atom. The van der Waals surface area contributed by atoms with E-state index < -0.39 is 11.7 Å². The van der Waals surface area contributed by atoms with E-state index in [-0.39, 0.29) is 16.8 Å². The molecular formula is C22H15F3N2O. The lowest BCUT2D eigenvalue weighted by atomic mass is 9.98. The first-order valence-corrected chi connectivity index (χ1v) is 8.59. The number of alkyl halides is 3. The molecule has 0 aliphatic carbocycles. The summed E-state index contributed by atoms with van der Waals surface area (Å²) >= 11 is 0. The number of para-hydroxylation sites is 2. The summed E-state index contributed by atoms with van der Waals surface area (Å²) in [5.74, 6) is 0. The normalized spacial score (nSPS) is 11.7. The van der Waals surface area contributed by atoms with E-state index in [0.29, 0.717) is 22.2 Å². The molecule has 0 N–H and O–H groups in total. The summed E-state index contributed by atoms with van der Waals surface area (Å²) in [6.07, 6.45) is -4.44. The first-order chi connectivity index (χ1) is 13.4. The molecule has 3 aromatic carbocycles. The van der Waals surface area contributed by atoms with Crippen molar-refractivity contribution in [1.82, 2.24) is 9.55 Å². The highest BCUT2D eigenvalue weighted by Crippen LogP contribution is 2.37. The number of hydrogen-bond donors (Lipinski definition) is 0. The minimum Gasteiger partial charge on any atom is -0.308 e. The van der Waals surface area contributed by atoms with Crippen LogP contribution in [0.3, 0.4) is 0 Å².